The Morgan fingerprint density at radius 1 is 1.19 bits per heavy atom. The van der Waals surface area contributed by atoms with Gasteiger partial charge in [0, 0.05) is 45.3 Å². The molecule has 0 aromatic carbocycles. The zero-order valence-electron chi connectivity index (χ0n) is 10.2. The summed E-state index contributed by atoms with van der Waals surface area (Å²) in [5.74, 6) is 0.584. The summed E-state index contributed by atoms with van der Waals surface area (Å²) in [4.78, 5) is 16.6. The predicted molar refractivity (Wildman–Crippen MR) is 62.2 cm³/mol. The monoisotopic (exact) mass is 226 g/mol. The fourth-order valence-corrected chi connectivity index (χ4v) is 2.49. The first-order valence-electron chi connectivity index (χ1n) is 6.40. The Bertz CT molecular complexity index is 231. The van der Waals surface area contributed by atoms with Crippen LogP contribution in [0.5, 0.6) is 0 Å². The molecule has 0 aromatic rings. The van der Waals surface area contributed by atoms with Crippen LogP contribution in [0.1, 0.15) is 19.8 Å². The molecule has 0 bridgehead atoms. The van der Waals surface area contributed by atoms with E-state index in [2.05, 4.69) is 11.8 Å². The van der Waals surface area contributed by atoms with Crippen molar-refractivity contribution in [2.45, 2.75) is 19.8 Å². The van der Waals surface area contributed by atoms with E-state index in [0.29, 0.717) is 5.91 Å². The maximum atomic E-state index is 12.2. The lowest BCUT2D eigenvalue weighted by molar-refractivity contribution is -0.140. The Morgan fingerprint density at radius 2 is 1.81 bits per heavy atom. The van der Waals surface area contributed by atoms with Crippen molar-refractivity contribution in [3.8, 4) is 0 Å². The quantitative estimate of drug-likeness (QED) is 0.690. The van der Waals surface area contributed by atoms with Crippen molar-refractivity contribution in [3.05, 3.63) is 0 Å². The summed E-state index contributed by atoms with van der Waals surface area (Å²) >= 11 is 0. The molecule has 0 radical (unpaired) electrons. The molecule has 0 spiro atoms. The highest BCUT2D eigenvalue weighted by atomic mass is 16.5. The van der Waals surface area contributed by atoms with E-state index in [1.165, 1.54) is 0 Å². The van der Waals surface area contributed by atoms with Crippen molar-refractivity contribution in [3.63, 3.8) is 0 Å². The van der Waals surface area contributed by atoms with Gasteiger partial charge in [-0.1, -0.05) is 6.92 Å². The highest BCUT2D eigenvalue weighted by Crippen LogP contribution is 2.18. The Balaban J connectivity index is 1.81. The zero-order valence-corrected chi connectivity index (χ0v) is 10.2. The number of amides is 1. The van der Waals surface area contributed by atoms with Crippen LogP contribution in [0, 0.1) is 5.92 Å². The first-order valence-corrected chi connectivity index (χ1v) is 6.40. The van der Waals surface area contributed by atoms with Crippen molar-refractivity contribution in [2.75, 3.05) is 45.9 Å². The van der Waals surface area contributed by atoms with E-state index < -0.39 is 0 Å². The van der Waals surface area contributed by atoms with Crippen LogP contribution in [0.15, 0.2) is 0 Å². The molecule has 2 aliphatic heterocycles. The first-order chi connectivity index (χ1) is 7.81. The van der Waals surface area contributed by atoms with Gasteiger partial charge in [0.1, 0.15) is 0 Å². The Hall–Kier alpha value is -0.610. The number of hydrogen-bond acceptors (Lipinski definition) is 3. The Labute approximate surface area is 97.5 Å². The van der Waals surface area contributed by atoms with Crippen molar-refractivity contribution < 1.29 is 9.53 Å². The molecular weight excluding hydrogens is 204 g/mol. The average Bonchev–Trinajstić information content (AvgIpc) is 2.39. The zero-order chi connectivity index (χ0) is 11.4. The fourth-order valence-electron chi connectivity index (χ4n) is 2.49. The molecule has 4 nitrogen and oxygen atoms in total. The third kappa shape index (κ3) is 2.74. The molecule has 4 heteroatoms. The molecular formula is C12H22N2O2. The number of ether oxygens (including phenoxy) is 1. The molecule has 0 unspecified atom stereocenters. The van der Waals surface area contributed by atoms with Gasteiger partial charge in [-0.2, -0.15) is 0 Å². The van der Waals surface area contributed by atoms with Crippen LogP contribution in [0.3, 0.4) is 0 Å². The van der Waals surface area contributed by atoms with Gasteiger partial charge in [-0.05, 0) is 19.4 Å². The number of carbonyl (C=O) groups is 1. The summed E-state index contributed by atoms with van der Waals surface area (Å²) in [7, 11) is 0. The van der Waals surface area contributed by atoms with Crippen LogP contribution < -0.4 is 0 Å². The number of nitrogens with zero attached hydrogens (tertiary/aromatic N) is 2. The van der Waals surface area contributed by atoms with Crippen molar-refractivity contribution in [1.29, 1.82) is 0 Å². The van der Waals surface area contributed by atoms with E-state index in [-0.39, 0.29) is 5.92 Å². The van der Waals surface area contributed by atoms with E-state index in [9.17, 15) is 4.79 Å². The fraction of sp³-hybridized carbons (Fsp3) is 0.917. The van der Waals surface area contributed by atoms with Crippen molar-refractivity contribution in [1.82, 2.24) is 9.80 Å². The second-order valence-corrected chi connectivity index (χ2v) is 4.65. The van der Waals surface area contributed by atoms with Crippen molar-refractivity contribution >= 4 is 5.91 Å². The molecule has 1 amide bonds. The van der Waals surface area contributed by atoms with E-state index >= 15 is 0 Å². The minimum atomic E-state index is 0.224. The molecule has 0 saturated carbocycles. The third-order valence-corrected chi connectivity index (χ3v) is 3.70. The van der Waals surface area contributed by atoms with Gasteiger partial charge < -0.3 is 14.5 Å². The van der Waals surface area contributed by atoms with Crippen LogP contribution in [0.25, 0.3) is 0 Å². The van der Waals surface area contributed by atoms with Crippen LogP contribution in [0.4, 0.5) is 0 Å². The van der Waals surface area contributed by atoms with E-state index in [1.54, 1.807) is 0 Å². The predicted octanol–water partition coefficient (Wildman–Crippen LogP) is 0.577. The van der Waals surface area contributed by atoms with Crippen LogP contribution in [-0.4, -0.2) is 61.6 Å². The molecule has 0 atom stereocenters. The summed E-state index contributed by atoms with van der Waals surface area (Å²) in [6.07, 6.45) is 1.82. The third-order valence-electron chi connectivity index (χ3n) is 3.70. The van der Waals surface area contributed by atoms with Crippen LogP contribution >= 0.6 is 0 Å². The van der Waals surface area contributed by atoms with Crippen LogP contribution in [-0.2, 0) is 9.53 Å². The lowest BCUT2D eigenvalue weighted by atomic mass is 9.98. The van der Waals surface area contributed by atoms with Gasteiger partial charge >= 0.3 is 0 Å². The van der Waals surface area contributed by atoms with Gasteiger partial charge in [0.2, 0.25) is 5.91 Å². The highest BCUT2D eigenvalue weighted by molar-refractivity contribution is 5.79. The van der Waals surface area contributed by atoms with E-state index in [4.69, 9.17) is 4.74 Å². The molecule has 0 N–H and O–H groups in total. The first kappa shape index (κ1) is 11.9. The standard InChI is InChI=1S/C12H22N2O2/c1-2-13-5-7-14(8-6-13)12(15)11-3-9-16-10-4-11/h11H,2-10H2,1H3. The second-order valence-electron chi connectivity index (χ2n) is 4.65. The Morgan fingerprint density at radius 3 is 2.38 bits per heavy atom. The van der Waals surface area contributed by atoms with Gasteiger partial charge in [-0.15, -0.1) is 0 Å². The molecule has 2 saturated heterocycles. The largest absolute Gasteiger partial charge is 0.381 e. The molecule has 16 heavy (non-hydrogen) atoms. The molecule has 92 valence electrons. The molecule has 2 heterocycles. The summed E-state index contributed by atoms with van der Waals surface area (Å²) in [5, 5.41) is 0. The molecule has 2 rings (SSSR count). The lowest BCUT2D eigenvalue weighted by Crippen LogP contribution is -2.50. The smallest absolute Gasteiger partial charge is 0.225 e. The number of likely N-dealkylation sites (N-methyl/N-ethyl adjacent to an activating group) is 1. The van der Waals surface area contributed by atoms with Gasteiger partial charge in [-0.25, -0.2) is 0 Å². The average molecular weight is 226 g/mol. The normalized spacial score (nSPS) is 24.7. The van der Waals surface area contributed by atoms with Gasteiger partial charge in [0.25, 0.3) is 0 Å². The number of piperazine rings is 1. The van der Waals surface area contributed by atoms with Gasteiger partial charge in [0.15, 0.2) is 0 Å². The second kappa shape index (κ2) is 5.64. The summed E-state index contributed by atoms with van der Waals surface area (Å²) in [6, 6.07) is 0. The summed E-state index contributed by atoms with van der Waals surface area (Å²) in [6.45, 7) is 8.66. The number of hydrogen-bond donors (Lipinski definition) is 0. The molecule has 0 aliphatic carbocycles. The topological polar surface area (TPSA) is 32.8 Å². The molecule has 2 fully saturated rings. The summed E-state index contributed by atoms with van der Waals surface area (Å²) < 4.78 is 5.29. The maximum absolute atomic E-state index is 12.2. The van der Waals surface area contributed by atoms with Crippen molar-refractivity contribution in [2.24, 2.45) is 5.92 Å². The maximum Gasteiger partial charge on any atom is 0.225 e. The minimum absolute atomic E-state index is 0.224. The molecule has 0 aromatic heterocycles. The summed E-state index contributed by atoms with van der Waals surface area (Å²) in [5.41, 5.74) is 0. The number of carbonyl (C=O) groups excluding carboxylic acids is 1. The highest BCUT2D eigenvalue weighted by Gasteiger charge is 2.28. The van der Waals surface area contributed by atoms with E-state index in [0.717, 1.165) is 58.8 Å². The van der Waals surface area contributed by atoms with Gasteiger partial charge in [-0.3, -0.25) is 4.79 Å². The van der Waals surface area contributed by atoms with Crippen LogP contribution in [0.2, 0.25) is 0 Å². The SMILES string of the molecule is CCN1CCN(C(=O)C2CCOCC2)CC1. The minimum Gasteiger partial charge on any atom is -0.381 e. The van der Waals surface area contributed by atoms with E-state index in [1.807, 2.05) is 4.90 Å². The molecule has 2 aliphatic rings. The van der Waals surface area contributed by atoms with Gasteiger partial charge in [0.05, 0.1) is 0 Å². The number of rotatable bonds is 2. The lowest BCUT2D eigenvalue weighted by Gasteiger charge is -2.36. The Kier molecular flexibility index (Phi) is 4.18.